The lowest BCUT2D eigenvalue weighted by Gasteiger charge is -2.14. The molecule has 0 saturated heterocycles. The van der Waals surface area contributed by atoms with E-state index in [-0.39, 0.29) is 12.0 Å². The lowest BCUT2D eigenvalue weighted by Crippen LogP contribution is -2.05. The van der Waals surface area contributed by atoms with Crippen LogP contribution in [0.5, 0.6) is 5.75 Å². The van der Waals surface area contributed by atoms with Crippen LogP contribution in [0.15, 0.2) is 40.9 Å². The molecule has 0 bridgehead atoms. The summed E-state index contributed by atoms with van der Waals surface area (Å²) in [6, 6.07) is 9.77. The number of benzene rings is 2. The lowest BCUT2D eigenvalue weighted by atomic mass is 10.0. The molecule has 2 rings (SSSR count). The fourth-order valence-electron chi connectivity index (χ4n) is 1.91. The van der Waals surface area contributed by atoms with Crippen molar-refractivity contribution in [2.75, 3.05) is 7.11 Å². The van der Waals surface area contributed by atoms with Crippen LogP contribution in [0.4, 0.5) is 4.39 Å². The van der Waals surface area contributed by atoms with Crippen molar-refractivity contribution in [1.82, 2.24) is 0 Å². The van der Waals surface area contributed by atoms with E-state index >= 15 is 0 Å². The van der Waals surface area contributed by atoms with Gasteiger partial charge in [0.05, 0.1) is 13.2 Å². The number of hydrogen-bond donors (Lipinski definition) is 1. The van der Waals surface area contributed by atoms with E-state index in [2.05, 4.69) is 15.9 Å². The summed E-state index contributed by atoms with van der Waals surface area (Å²) in [7, 11) is 1.46. The second-order valence-corrected chi connectivity index (χ2v) is 5.67. The molecule has 1 N–H and O–H groups in total. The topological polar surface area (TPSA) is 29.5 Å². The summed E-state index contributed by atoms with van der Waals surface area (Å²) in [6.45, 7) is 0. The van der Waals surface area contributed by atoms with Crippen LogP contribution in [-0.4, -0.2) is 12.2 Å². The fourth-order valence-corrected chi connectivity index (χ4v) is 2.66. The lowest BCUT2D eigenvalue weighted by molar-refractivity contribution is 0.173. The van der Waals surface area contributed by atoms with Gasteiger partial charge in [-0.15, -0.1) is 0 Å². The summed E-state index contributed by atoms with van der Waals surface area (Å²) in [5, 5.41) is 10.7. The van der Waals surface area contributed by atoms with Crippen molar-refractivity contribution in [3.63, 3.8) is 0 Å². The highest BCUT2D eigenvalue weighted by Crippen LogP contribution is 2.28. The summed E-state index contributed by atoms with van der Waals surface area (Å²) >= 11 is 9.41. The van der Waals surface area contributed by atoms with Gasteiger partial charge in [0, 0.05) is 27.5 Å². The maximum absolute atomic E-state index is 13.9. The fraction of sp³-hybridized carbons (Fsp3) is 0.200. The van der Waals surface area contributed by atoms with Crippen LogP contribution in [0.2, 0.25) is 5.02 Å². The van der Waals surface area contributed by atoms with Crippen molar-refractivity contribution in [2.45, 2.75) is 12.5 Å². The van der Waals surface area contributed by atoms with Gasteiger partial charge in [-0.05, 0) is 29.8 Å². The average Bonchev–Trinajstić information content (AvgIpc) is 2.41. The maximum Gasteiger partial charge on any atom is 0.132 e. The van der Waals surface area contributed by atoms with Gasteiger partial charge in [-0.1, -0.05) is 33.6 Å². The smallest absolute Gasteiger partial charge is 0.132 e. The van der Waals surface area contributed by atoms with E-state index in [4.69, 9.17) is 16.3 Å². The van der Waals surface area contributed by atoms with Gasteiger partial charge in [-0.3, -0.25) is 0 Å². The van der Waals surface area contributed by atoms with Gasteiger partial charge in [-0.2, -0.15) is 0 Å². The first kappa shape index (κ1) is 15.3. The molecule has 0 amide bonds. The molecule has 0 heterocycles. The average molecular weight is 360 g/mol. The first-order chi connectivity index (χ1) is 9.51. The number of hydrogen-bond acceptors (Lipinski definition) is 2. The van der Waals surface area contributed by atoms with Gasteiger partial charge < -0.3 is 9.84 Å². The van der Waals surface area contributed by atoms with Gasteiger partial charge in [0.15, 0.2) is 0 Å². The Morgan fingerprint density at radius 1 is 1.30 bits per heavy atom. The van der Waals surface area contributed by atoms with Crippen LogP contribution in [0.25, 0.3) is 0 Å². The Morgan fingerprint density at radius 3 is 2.65 bits per heavy atom. The van der Waals surface area contributed by atoms with Crippen LogP contribution in [0.1, 0.15) is 17.2 Å². The molecule has 2 aromatic rings. The Morgan fingerprint density at radius 2 is 2.05 bits per heavy atom. The molecule has 0 aromatic heterocycles. The van der Waals surface area contributed by atoms with E-state index in [1.165, 1.54) is 19.2 Å². The third-order valence-corrected chi connectivity index (χ3v) is 3.84. The minimum atomic E-state index is -0.959. The molecule has 0 radical (unpaired) electrons. The minimum Gasteiger partial charge on any atom is -0.497 e. The van der Waals surface area contributed by atoms with Crippen molar-refractivity contribution >= 4 is 27.5 Å². The third-order valence-electron chi connectivity index (χ3n) is 2.99. The number of halogens is 3. The summed E-state index contributed by atoms with van der Waals surface area (Å²) in [5.74, 6) is -0.0785. The van der Waals surface area contributed by atoms with E-state index in [1.54, 1.807) is 18.2 Å². The van der Waals surface area contributed by atoms with E-state index in [1.807, 2.05) is 6.07 Å². The van der Waals surface area contributed by atoms with Crippen molar-refractivity contribution in [3.8, 4) is 5.75 Å². The molecule has 0 aliphatic carbocycles. The largest absolute Gasteiger partial charge is 0.497 e. The minimum absolute atomic E-state index is 0.227. The quantitative estimate of drug-likeness (QED) is 0.869. The molecule has 0 saturated carbocycles. The van der Waals surface area contributed by atoms with Crippen molar-refractivity contribution in [1.29, 1.82) is 0 Å². The first-order valence-corrected chi connectivity index (χ1v) is 7.14. The normalized spacial score (nSPS) is 12.2. The monoisotopic (exact) mass is 358 g/mol. The zero-order valence-electron chi connectivity index (χ0n) is 10.7. The van der Waals surface area contributed by atoms with Gasteiger partial charge in [-0.25, -0.2) is 4.39 Å². The predicted molar refractivity (Wildman–Crippen MR) is 80.8 cm³/mol. The second-order valence-electron chi connectivity index (χ2n) is 4.34. The predicted octanol–water partition coefficient (Wildman–Crippen LogP) is 4.53. The van der Waals surface area contributed by atoms with Gasteiger partial charge in [0.25, 0.3) is 0 Å². The van der Waals surface area contributed by atoms with Crippen molar-refractivity contribution in [3.05, 3.63) is 62.8 Å². The molecule has 0 spiro atoms. The summed E-state index contributed by atoms with van der Waals surface area (Å²) < 4.78 is 19.7. The summed E-state index contributed by atoms with van der Waals surface area (Å²) in [5.41, 5.74) is 0.988. The number of methoxy groups -OCH3 is 1. The van der Waals surface area contributed by atoms with E-state index in [9.17, 15) is 9.50 Å². The summed E-state index contributed by atoms with van der Waals surface area (Å²) in [4.78, 5) is 0. The van der Waals surface area contributed by atoms with Gasteiger partial charge >= 0.3 is 0 Å². The Bertz CT molecular complexity index is 619. The zero-order valence-corrected chi connectivity index (χ0v) is 13.1. The van der Waals surface area contributed by atoms with Crippen molar-refractivity contribution < 1.29 is 14.2 Å². The molecule has 0 aliphatic rings. The summed E-state index contributed by atoms with van der Waals surface area (Å²) in [6.07, 6.45) is -0.713. The van der Waals surface area contributed by atoms with E-state index < -0.39 is 11.9 Å². The first-order valence-electron chi connectivity index (χ1n) is 5.96. The molecule has 2 aromatic carbocycles. The molecule has 0 aliphatic heterocycles. The van der Waals surface area contributed by atoms with E-state index in [0.717, 1.165) is 10.0 Å². The zero-order chi connectivity index (χ0) is 14.7. The molecule has 5 heteroatoms. The molecular weight excluding hydrogens is 347 g/mol. The van der Waals surface area contributed by atoms with Gasteiger partial charge in [0.1, 0.15) is 11.6 Å². The van der Waals surface area contributed by atoms with E-state index in [0.29, 0.717) is 10.8 Å². The SMILES string of the molecule is COc1ccc(C(O)Cc2ccc(Br)cc2Cl)c(F)c1. The molecule has 0 fully saturated rings. The van der Waals surface area contributed by atoms with Crippen LogP contribution >= 0.6 is 27.5 Å². The van der Waals surface area contributed by atoms with Crippen LogP contribution in [0.3, 0.4) is 0 Å². The van der Waals surface area contributed by atoms with Crippen molar-refractivity contribution in [2.24, 2.45) is 0 Å². The molecule has 2 nitrogen and oxygen atoms in total. The number of ether oxygens (including phenoxy) is 1. The highest BCUT2D eigenvalue weighted by atomic mass is 79.9. The maximum atomic E-state index is 13.9. The highest BCUT2D eigenvalue weighted by Gasteiger charge is 2.15. The molecule has 20 heavy (non-hydrogen) atoms. The number of aliphatic hydroxyl groups excluding tert-OH is 1. The van der Waals surface area contributed by atoms with Gasteiger partial charge in [0.2, 0.25) is 0 Å². The Balaban J connectivity index is 2.21. The third kappa shape index (κ3) is 3.51. The molecular formula is C15H13BrClFO2. The highest BCUT2D eigenvalue weighted by molar-refractivity contribution is 9.10. The molecule has 1 unspecified atom stereocenters. The molecule has 1 atom stereocenters. The Labute approximate surface area is 130 Å². The number of rotatable bonds is 4. The molecule has 106 valence electrons. The van der Waals surface area contributed by atoms with Crippen LogP contribution in [-0.2, 0) is 6.42 Å². The number of aliphatic hydroxyl groups is 1. The Kier molecular flexibility index (Phi) is 5.02. The van der Waals surface area contributed by atoms with Crippen LogP contribution < -0.4 is 4.74 Å². The Hall–Kier alpha value is -1.10. The standard InChI is InChI=1S/C15H13BrClFO2/c1-20-11-4-5-12(14(18)8-11)15(19)6-9-2-3-10(16)7-13(9)17/h2-5,7-8,15,19H,6H2,1H3. The second kappa shape index (κ2) is 6.57. The van der Waals surface area contributed by atoms with Crippen LogP contribution in [0, 0.1) is 5.82 Å².